The number of carbonyl (C=O) groups excluding carboxylic acids is 2. The van der Waals surface area contributed by atoms with Crippen molar-refractivity contribution in [3.05, 3.63) is 79.8 Å². The molecule has 3 aromatic rings. The Balaban J connectivity index is 1.59. The number of halogens is 2. The van der Waals surface area contributed by atoms with Crippen LogP contribution in [0.1, 0.15) is 26.4 Å². The van der Waals surface area contributed by atoms with Crippen molar-refractivity contribution in [2.24, 2.45) is 5.11 Å². The summed E-state index contributed by atoms with van der Waals surface area (Å²) in [5.41, 5.74) is 6.62. The average Bonchev–Trinajstić information content (AvgIpc) is 2.79. The first kappa shape index (κ1) is 22.2. The molecule has 2 amide bonds. The number of hydrogen-bond acceptors (Lipinski definition) is 7. The van der Waals surface area contributed by atoms with Gasteiger partial charge >= 0.3 is 5.63 Å². The molecular weight excluding hydrogens is 430 g/mol. The Bertz CT molecular complexity index is 1300. The van der Waals surface area contributed by atoms with Crippen molar-refractivity contribution < 1.29 is 27.9 Å². The Labute approximate surface area is 177 Å². The van der Waals surface area contributed by atoms with E-state index in [-0.39, 0.29) is 30.6 Å². The van der Waals surface area contributed by atoms with Crippen molar-refractivity contribution in [3.63, 3.8) is 0 Å². The lowest BCUT2D eigenvalue weighted by Crippen LogP contribution is -2.36. The number of nitrogens with one attached hydrogen (secondary N) is 2. The maximum atomic E-state index is 13.8. The fourth-order valence-corrected chi connectivity index (χ4v) is 2.65. The van der Waals surface area contributed by atoms with Crippen LogP contribution in [0.15, 0.2) is 44.8 Å². The number of azide groups is 1. The number of rotatable bonds is 7. The Morgan fingerprint density at radius 2 is 1.91 bits per heavy atom. The normalized spacial score (nSPS) is 10.4. The van der Waals surface area contributed by atoms with Crippen molar-refractivity contribution in [1.29, 1.82) is 0 Å². The molecule has 32 heavy (non-hydrogen) atoms. The molecule has 0 aliphatic carbocycles. The van der Waals surface area contributed by atoms with Crippen LogP contribution in [-0.4, -0.2) is 35.0 Å². The Kier molecular flexibility index (Phi) is 6.61. The average molecular weight is 444 g/mol. The third kappa shape index (κ3) is 4.79. The van der Waals surface area contributed by atoms with Gasteiger partial charge in [-0.3, -0.25) is 14.6 Å². The van der Waals surface area contributed by atoms with Crippen LogP contribution < -0.4 is 16.3 Å². The number of hydrogen-bond donors (Lipinski definition) is 3. The molecule has 0 bridgehead atoms. The first-order chi connectivity index (χ1) is 15.3. The number of nitrogens with zero attached hydrogens (tertiary/aromatic N) is 4. The van der Waals surface area contributed by atoms with Gasteiger partial charge in [0.05, 0.1) is 12.1 Å². The number of amides is 2. The van der Waals surface area contributed by atoms with Crippen LogP contribution >= 0.6 is 0 Å². The van der Waals surface area contributed by atoms with Crippen molar-refractivity contribution >= 4 is 22.8 Å². The summed E-state index contributed by atoms with van der Waals surface area (Å²) in [5, 5.41) is 17.3. The minimum Gasteiger partial charge on any atom is -0.503 e. The minimum absolute atomic E-state index is 0.00109. The lowest BCUT2D eigenvalue weighted by molar-refractivity contribution is 0.0925. The fourth-order valence-electron chi connectivity index (χ4n) is 2.65. The standard InChI is InChI=1S/C19H14F2N6O5/c20-13-6-10-5-12(19(31)32-16(10)14(21)15(13)28)18(30)24-4-3-23-17(29)9-1-2-11(25-7-9)8-26-27-22/h1-2,5-7,28H,3-4,8H2,(H,23,29)(H,24,30). The number of fused-ring (bicyclic) bond motifs is 1. The molecule has 164 valence electrons. The molecule has 11 nitrogen and oxygen atoms in total. The zero-order chi connectivity index (χ0) is 23.3. The summed E-state index contributed by atoms with van der Waals surface area (Å²) < 4.78 is 32.0. The summed E-state index contributed by atoms with van der Waals surface area (Å²) in [7, 11) is 0. The summed E-state index contributed by atoms with van der Waals surface area (Å²) in [6.45, 7) is -0.0164. The number of aromatic hydroxyl groups is 1. The van der Waals surface area contributed by atoms with E-state index in [9.17, 15) is 28.3 Å². The predicted molar refractivity (Wildman–Crippen MR) is 106 cm³/mol. The maximum Gasteiger partial charge on any atom is 0.349 e. The molecule has 1 aromatic carbocycles. The summed E-state index contributed by atoms with van der Waals surface area (Å²) in [4.78, 5) is 42.8. The molecule has 0 atom stereocenters. The summed E-state index contributed by atoms with van der Waals surface area (Å²) in [5.74, 6) is -5.38. The number of benzene rings is 1. The van der Waals surface area contributed by atoms with Gasteiger partial charge in [-0.05, 0) is 29.8 Å². The monoisotopic (exact) mass is 444 g/mol. The van der Waals surface area contributed by atoms with Crippen LogP contribution in [0.25, 0.3) is 21.4 Å². The van der Waals surface area contributed by atoms with Gasteiger partial charge in [-0.25, -0.2) is 9.18 Å². The molecule has 3 N–H and O–H groups in total. The SMILES string of the molecule is [N-]=[N+]=NCc1ccc(C(=O)NCCNC(=O)c2cc3cc(F)c(O)c(F)c3oc2=O)cn1. The van der Waals surface area contributed by atoms with E-state index in [0.29, 0.717) is 5.69 Å². The molecular formula is C19H14F2N6O5. The zero-order valence-corrected chi connectivity index (χ0v) is 16.1. The molecule has 0 spiro atoms. The smallest absolute Gasteiger partial charge is 0.349 e. The summed E-state index contributed by atoms with van der Waals surface area (Å²) >= 11 is 0. The van der Waals surface area contributed by atoms with Crippen LogP contribution in [0.4, 0.5) is 8.78 Å². The number of aromatic nitrogens is 1. The fraction of sp³-hybridized carbons (Fsp3) is 0.158. The molecule has 3 rings (SSSR count). The van der Waals surface area contributed by atoms with Gasteiger partial charge in [0.2, 0.25) is 5.82 Å². The molecule has 2 heterocycles. The van der Waals surface area contributed by atoms with Gasteiger partial charge in [0, 0.05) is 35.3 Å². The molecule has 0 radical (unpaired) electrons. The molecule has 0 saturated carbocycles. The zero-order valence-electron chi connectivity index (χ0n) is 16.1. The van der Waals surface area contributed by atoms with Gasteiger partial charge in [0.1, 0.15) is 5.56 Å². The van der Waals surface area contributed by atoms with E-state index in [2.05, 4.69) is 25.6 Å². The number of phenols is 1. The number of carbonyl (C=O) groups is 2. The molecule has 0 aliphatic heterocycles. The van der Waals surface area contributed by atoms with Gasteiger partial charge < -0.3 is 20.2 Å². The van der Waals surface area contributed by atoms with E-state index >= 15 is 0 Å². The van der Waals surface area contributed by atoms with E-state index in [4.69, 9.17) is 9.95 Å². The van der Waals surface area contributed by atoms with E-state index in [1.165, 1.54) is 18.3 Å². The first-order valence-electron chi connectivity index (χ1n) is 8.98. The summed E-state index contributed by atoms with van der Waals surface area (Å²) in [6.07, 6.45) is 1.30. The van der Waals surface area contributed by atoms with E-state index < -0.39 is 46.0 Å². The largest absolute Gasteiger partial charge is 0.503 e. The van der Waals surface area contributed by atoms with Crippen LogP contribution in [0.5, 0.6) is 5.75 Å². The molecule has 13 heteroatoms. The first-order valence-corrected chi connectivity index (χ1v) is 8.98. The van der Waals surface area contributed by atoms with E-state index in [1.54, 1.807) is 0 Å². The highest BCUT2D eigenvalue weighted by molar-refractivity contribution is 5.97. The van der Waals surface area contributed by atoms with Crippen molar-refractivity contribution in [2.45, 2.75) is 6.54 Å². The quantitative estimate of drug-likeness (QED) is 0.166. The lowest BCUT2D eigenvalue weighted by atomic mass is 10.1. The maximum absolute atomic E-state index is 13.8. The number of phenolic OH excluding ortho intramolecular Hbond substituents is 1. The minimum atomic E-state index is -1.45. The van der Waals surface area contributed by atoms with Crippen LogP contribution in [0, 0.1) is 11.6 Å². The third-order valence-corrected chi connectivity index (χ3v) is 4.22. The topological polar surface area (TPSA) is 170 Å². The molecule has 2 aromatic heterocycles. The predicted octanol–water partition coefficient (Wildman–Crippen LogP) is 2.14. The van der Waals surface area contributed by atoms with Gasteiger partial charge in [-0.15, -0.1) is 0 Å². The Morgan fingerprint density at radius 3 is 2.56 bits per heavy atom. The van der Waals surface area contributed by atoms with Gasteiger partial charge in [0.15, 0.2) is 17.1 Å². The second kappa shape index (κ2) is 9.53. The molecule has 0 unspecified atom stereocenters. The second-order valence-electron chi connectivity index (χ2n) is 6.33. The van der Waals surface area contributed by atoms with Gasteiger partial charge in [-0.1, -0.05) is 5.11 Å². The molecule has 0 fully saturated rings. The second-order valence-corrected chi connectivity index (χ2v) is 6.33. The highest BCUT2D eigenvalue weighted by Crippen LogP contribution is 2.28. The molecule has 0 aliphatic rings. The summed E-state index contributed by atoms with van der Waals surface area (Å²) in [6, 6.07) is 4.67. The van der Waals surface area contributed by atoms with Gasteiger partial charge in [0.25, 0.3) is 11.8 Å². The van der Waals surface area contributed by atoms with Crippen LogP contribution in [-0.2, 0) is 6.54 Å². The Hall–Kier alpha value is -4.51. The Morgan fingerprint density at radius 1 is 1.19 bits per heavy atom. The number of pyridine rings is 1. The van der Waals surface area contributed by atoms with Crippen LogP contribution in [0.3, 0.4) is 0 Å². The van der Waals surface area contributed by atoms with Crippen molar-refractivity contribution in [2.75, 3.05) is 13.1 Å². The third-order valence-electron chi connectivity index (χ3n) is 4.22. The van der Waals surface area contributed by atoms with Crippen molar-refractivity contribution in [3.8, 4) is 5.75 Å². The lowest BCUT2D eigenvalue weighted by Gasteiger charge is -2.08. The van der Waals surface area contributed by atoms with E-state index in [1.807, 2.05) is 0 Å². The van der Waals surface area contributed by atoms with Crippen molar-refractivity contribution in [1.82, 2.24) is 15.6 Å². The highest BCUT2D eigenvalue weighted by Gasteiger charge is 2.19. The molecule has 0 saturated heterocycles. The van der Waals surface area contributed by atoms with E-state index in [0.717, 1.165) is 12.1 Å². The van der Waals surface area contributed by atoms with Gasteiger partial charge in [-0.2, -0.15) is 4.39 Å². The highest BCUT2D eigenvalue weighted by atomic mass is 19.1. The van der Waals surface area contributed by atoms with Crippen LogP contribution in [0.2, 0.25) is 0 Å².